The van der Waals surface area contributed by atoms with Gasteiger partial charge in [-0.3, -0.25) is 14.4 Å². The van der Waals surface area contributed by atoms with Crippen molar-refractivity contribution in [3.8, 4) is 11.1 Å². The number of carbonyl (C=O) groups excluding carboxylic acids is 2. The topological polar surface area (TPSA) is 95.5 Å². The van der Waals surface area contributed by atoms with Crippen molar-refractivity contribution in [1.29, 1.82) is 0 Å². The fraction of sp³-hybridized carbons (Fsp3) is 0.348. The number of thiophene rings is 1. The Morgan fingerprint density at radius 1 is 1.00 bits per heavy atom. The molecule has 3 aliphatic carbocycles. The van der Waals surface area contributed by atoms with Crippen LogP contribution in [0.15, 0.2) is 47.9 Å². The maximum Gasteiger partial charge on any atom is 0.307 e. The van der Waals surface area contributed by atoms with E-state index in [9.17, 15) is 19.5 Å². The van der Waals surface area contributed by atoms with E-state index >= 15 is 0 Å². The van der Waals surface area contributed by atoms with Crippen molar-refractivity contribution in [3.05, 3.63) is 53.4 Å². The SMILES string of the molecule is O=C(NC1CC1)c1c(-c2ccccc2)csc1NC(=O)[C@H]1[C@H](C(=O)O)[C@H]2C=C[C@H]1C2. The number of hydrogen-bond acceptors (Lipinski definition) is 4. The second kappa shape index (κ2) is 7.40. The summed E-state index contributed by atoms with van der Waals surface area (Å²) < 4.78 is 0. The first kappa shape index (κ1) is 19.1. The van der Waals surface area contributed by atoms with Gasteiger partial charge in [0.05, 0.1) is 17.4 Å². The molecule has 2 fully saturated rings. The van der Waals surface area contributed by atoms with Gasteiger partial charge in [0.2, 0.25) is 5.91 Å². The molecule has 6 nitrogen and oxygen atoms in total. The lowest BCUT2D eigenvalue weighted by Gasteiger charge is -2.23. The van der Waals surface area contributed by atoms with E-state index in [-0.39, 0.29) is 29.7 Å². The minimum absolute atomic E-state index is 0.0617. The third kappa shape index (κ3) is 3.33. The first-order valence-corrected chi connectivity index (χ1v) is 11.1. The monoisotopic (exact) mass is 422 g/mol. The van der Waals surface area contributed by atoms with Gasteiger partial charge >= 0.3 is 5.97 Å². The Balaban J connectivity index is 1.46. The smallest absolute Gasteiger partial charge is 0.307 e. The van der Waals surface area contributed by atoms with E-state index in [1.807, 2.05) is 47.9 Å². The van der Waals surface area contributed by atoms with Crippen LogP contribution in [-0.2, 0) is 9.59 Å². The third-order valence-electron chi connectivity index (χ3n) is 6.30. The summed E-state index contributed by atoms with van der Waals surface area (Å²) in [5.74, 6) is -2.93. The van der Waals surface area contributed by atoms with Gasteiger partial charge in [0.15, 0.2) is 0 Å². The van der Waals surface area contributed by atoms with Crippen LogP contribution < -0.4 is 10.6 Å². The highest BCUT2D eigenvalue weighted by molar-refractivity contribution is 7.15. The number of amides is 2. The molecule has 0 aliphatic heterocycles. The molecule has 154 valence electrons. The van der Waals surface area contributed by atoms with Crippen LogP contribution in [0.25, 0.3) is 11.1 Å². The largest absolute Gasteiger partial charge is 0.481 e. The average Bonchev–Trinajstić information content (AvgIpc) is 3.15. The van der Waals surface area contributed by atoms with Gasteiger partial charge in [-0.05, 0) is 36.7 Å². The third-order valence-corrected chi connectivity index (χ3v) is 7.19. The number of aliphatic carboxylic acids is 1. The van der Waals surface area contributed by atoms with E-state index in [1.54, 1.807) is 0 Å². The van der Waals surface area contributed by atoms with Gasteiger partial charge in [0.1, 0.15) is 5.00 Å². The molecule has 1 aromatic carbocycles. The number of carbonyl (C=O) groups is 3. The predicted molar refractivity (Wildman–Crippen MR) is 114 cm³/mol. The summed E-state index contributed by atoms with van der Waals surface area (Å²) in [4.78, 5) is 37.9. The van der Waals surface area contributed by atoms with Crippen molar-refractivity contribution in [1.82, 2.24) is 5.32 Å². The molecule has 0 radical (unpaired) electrons. The zero-order chi connectivity index (χ0) is 20.8. The molecule has 0 unspecified atom stereocenters. The molecule has 2 aromatic rings. The van der Waals surface area contributed by atoms with Crippen molar-refractivity contribution in [2.45, 2.75) is 25.3 Å². The van der Waals surface area contributed by atoms with E-state index in [4.69, 9.17) is 0 Å². The van der Waals surface area contributed by atoms with Gasteiger partial charge in [-0.25, -0.2) is 0 Å². The van der Waals surface area contributed by atoms with E-state index in [0.29, 0.717) is 17.0 Å². The van der Waals surface area contributed by atoms with Crippen LogP contribution >= 0.6 is 11.3 Å². The zero-order valence-electron chi connectivity index (χ0n) is 16.2. The van der Waals surface area contributed by atoms with Crippen molar-refractivity contribution < 1.29 is 19.5 Å². The Morgan fingerprint density at radius 3 is 2.37 bits per heavy atom. The summed E-state index contributed by atoms with van der Waals surface area (Å²) in [5, 5.41) is 17.9. The highest BCUT2D eigenvalue weighted by Gasteiger charge is 2.51. The van der Waals surface area contributed by atoms with E-state index in [1.165, 1.54) is 11.3 Å². The molecule has 30 heavy (non-hydrogen) atoms. The Bertz CT molecular complexity index is 1040. The summed E-state index contributed by atoms with van der Waals surface area (Å²) >= 11 is 1.31. The highest BCUT2D eigenvalue weighted by atomic mass is 32.1. The number of fused-ring (bicyclic) bond motifs is 2. The standard InChI is InChI=1S/C23H22N2O4S/c26-20(17-13-6-7-14(10-13)18(17)23(28)29)25-22-19(21(27)24-15-8-9-15)16(11-30-22)12-4-2-1-3-5-12/h1-7,11,13-15,17-18H,8-10H2,(H,24,27)(H,25,26)(H,28,29)/t13-,14-,17+,18+/m0/s1. The second-order valence-electron chi connectivity index (χ2n) is 8.29. The Kier molecular flexibility index (Phi) is 4.70. The van der Waals surface area contributed by atoms with Gasteiger partial charge in [0.25, 0.3) is 5.91 Å². The van der Waals surface area contributed by atoms with Gasteiger partial charge in [-0.2, -0.15) is 0 Å². The lowest BCUT2D eigenvalue weighted by molar-refractivity contribution is -0.146. The molecule has 7 heteroatoms. The number of carboxylic acid groups (broad SMARTS) is 1. The molecule has 3 aliphatic rings. The van der Waals surface area contributed by atoms with Crippen molar-refractivity contribution >= 4 is 34.1 Å². The quantitative estimate of drug-likeness (QED) is 0.618. The Labute approximate surface area is 178 Å². The van der Waals surface area contributed by atoms with Crippen LogP contribution in [0, 0.1) is 23.7 Å². The van der Waals surface area contributed by atoms with Gasteiger partial charge < -0.3 is 15.7 Å². The molecule has 3 N–H and O–H groups in total. The number of allylic oxidation sites excluding steroid dienone is 2. The van der Waals surface area contributed by atoms with Crippen molar-refractivity contribution in [2.75, 3.05) is 5.32 Å². The summed E-state index contributed by atoms with van der Waals surface area (Å²) in [6, 6.07) is 9.79. The molecule has 1 heterocycles. The summed E-state index contributed by atoms with van der Waals surface area (Å²) in [6.45, 7) is 0. The number of hydrogen-bond donors (Lipinski definition) is 3. The molecule has 2 bridgehead atoms. The maximum atomic E-state index is 13.1. The minimum Gasteiger partial charge on any atom is -0.481 e. The van der Waals surface area contributed by atoms with Crippen LogP contribution in [0.1, 0.15) is 29.6 Å². The molecule has 2 saturated carbocycles. The molecular formula is C23H22N2O4S. The van der Waals surface area contributed by atoms with Crippen LogP contribution in [0.3, 0.4) is 0 Å². The molecule has 1 aromatic heterocycles. The molecule has 2 amide bonds. The van der Waals surface area contributed by atoms with Crippen molar-refractivity contribution in [2.24, 2.45) is 23.7 Å². The van der Waals surface area contributed by atoms with E-state index in [0.717, 1.165) is 24.0 Å². The number of rotatable bonds is 6. The fourth-order valence-electron chi connectivity index (χ4n) is 4.70. The summed E-state index contributed by atoms with van der Waals surface area (Å²) in [5.41, 5.74) is 2.13. The number of benzene rings is 1. The first-order chi connectivity index (χ1) is 14.5. The Hall–Kier alpha value is -2.93. The predicted octanol–water partition coefficient (Wildman–Crippen LogP) is 3.77. The zero-order valence-corrected chi connectivity index (χ0v) is 17.0. The van der Waals surface area contributed by atoms with Crippen LogP contribution in [0.2, 0.25) is 0 Å². The molecule has 0 saturated heterocycles. The molecule has 5 rings (SSSR count). The second-order valence-corrected chi connectivity index (χ2v) is 9.17. The first-order valence-electron chi connectivity index (χ1n) is 10.2. The highest BCUT2D eigenvalue weighted by Crippen LogP contribution is 2.49. The van der Waals surface area contributed by atoms with E-state index in [2.05, 4.69) is 10.6 Å². The Morgan fingerprint density at radius 2 is 1.70 bits per heavy atom. The van der Waals surface area contributed by atoms with Crippen LogP contribution in [0.4, 0.5) is 5.00 Å². The minimum atomic E-state index is -0.935. The van der Waals surface area contributed by atoms with Crippen molar-refractivity contribution in [3.63, 3.8) is 0 Å². The number of nitrogens with one attached hydrogen (secondary N) is 2. The average molecular weight is 423 g/mol. The lowest BCUT2D eigenvalue weighted by atomic mass is 9.82. The van der Waals surface area contributed by atoms with Crippen LogP contribution in [0.5, 0.6) is 0 Å². The summed E-state index contributed by atoms with van der Waals surface area (Å²) in [7, 11) is 0. The lowest BCUT2D eigenvalue weighted by Crippen LogP contribution is -2.36. The van der Waals surface area contributed by atoms with Gasteiger partial charge in [-0.15, -0.1) is 11.3 Å². The molecular weight excluding hydrogens is 400 g/mol. The van der Waals surface area contributed by atoms with Crippen LogP contribution in [-0.4, -0.2) is 28.9 Å². The van der Waals surface area contributed by atoms with E-state index < -0.39 is 17.8 Å². The maximum absolute atomic E-state index is 13.1. The summed E-state index contributed by atoms with van der Waals surface area (Å²) in [6.07, 6.45) is 6.51. The van der Waals surface area contributed by atoms with Gasteiger partial charge in [-0.1, -0.05) is 42.5 Å². The fourth-order valence-corrected chi connectivity index (χ4v) is 5.67. The normalized spacial score (nSPS) is 26.5. The van der Waals surface area contributed by atoms with Gasteiger partial charge in [0, 0.05) is 17.0 Å². The molecule has 4 atom stereocenters. The molecule has 0 spiro atoms. The number of carboxylic acids is 1. The number of anilines is 1.